The van der Waals surface area contributed by atoms with Gasteiger partial charge in [0.2, 0.25) is 5.95 Å². The number of ether oxygens (including phenoxy) is 6. The summed E-state index contributed by atoms with van der Waals surface area (Å²) in [7, 11) is 2.93. The number of methoxy groups -OCH3 is 2. The summed E-state index contributed by atoms with van der Waals surface area (Å²) in [6.07, 6.45) is -4.99. The highest BCUT2D eigenvalue weighted by atomic mass is 32.7. The lowest BCUT2D eigenvalue weighted by Crippen LogP contribution is -2.41. The van der Waals surface area contributed by atoms with Crippen LogP contribution in [0, 0.1) is 6.92 Å². The van der Waals surface area contributed by atoms with Crippen LogP contribution in [0.15, 0.2) is 26.9 Å². The van der Waals surface area contributed by atoms with E-state index in [0.29, 0.717) is 0 Å². The van der Waals surface area contributed by atoms with Gasteiger partial charge in [0.15, 0.2) is 30.4 Å². The van der Waals surface area contributed by atoms with E-state index in [1.54, 1.807) is 0 Å². The van der Waals surface area contributed by atoms with E-state index in [1.807, 2.05) is 0 Å². The number of aromatic amines is 2. The van der Waals surface area contributed by atoms with Gasteiger partial charge in [-0.25, -0.2) is 9.78 Å². The topological polar surface area (TPSA) is 288 Å². The number of imidazole rings is 1. The number of rotatable bonds is 18. The van der Waals surface area contributed by atoms with Gasteiger partial charge >= 0.3 is 5.69 Å². The number of aromatic nitrogens is 6. The van der Waals surface area contributed by atoms with E-state index >= 15 is 0 Å². The van der Waals surface area contributed by atoms with Crippen LogP contribution >= 0.6 is 13.5 Å². The van der Waals surface area contributed by atoms with Crippen LogP contribution in [-0.2, 0) is 70.6 Å². The minimum absolute atomic E-state index is 0.0161. The van der Waals surface area contributed by atoms with E-state index < -0.39 is 79.9 Å². The van der Waals surface area contributed by atoms with Gasteiger partial charge in [0.1, 0.15) is 31.1 Å². The maximum Gasteiger partial charge on any atom is 0.330 e. The molecule has 9 atom stereocenters. The van der Waals surface area contributed by atoms with Gasteiger partial charge in [0.05, 0.1) is 52.1 Å². The Morgan fingerprint density at radius 2 is 1.75 bits per heavy atom. The Labute approximate surface area is 304 Å². The Balaban J connectivity index is 1.37. The van der Waals surface area contributed by atoms with Crippen molar-refractivity contribution in [2.75, 3.05) is 59.6 Å². The smallest absolute Gasteiger partial charge is 0.330 e. The Bertz CT molecular complexity index is 1970. The molecule has 0 aromatic carbocycles. The number of aryl methyl sites for hydroxylation is 1. The number of nitrogen functional groups attached to an aromatic ring is 1. The molecule has 26 heteroatoms. The van der Waals surface area contributed by atoms with E-state index in [1.165, 1.54) is 38.2 Å². The van der Waals surface area contributed by atoms with Gasteiger partial charge in [-0.3, -0.25) is 33.3 Å². The summed E-state index contributed by atoms with van der Waals surface area (Å²) in [5.41, 5.74) is 3.99. The molecule has 3 aromatic rings. The Kier molecular flexibility index (Phi) is 13.6. The lowest BCUT2D eigenvalue weighted by molar-refractivity contribution is -0.204. The molecule has 2 saturated heterocycles. The molecule has 0 spiro atoms. The molecule has 0 amide bonds. The third kappa shape index (κ3) is 10.0. The number of fused-ring (bicyclic) bond motifs is 1. The second-order valence-corrected chi connectivity index (χ2v) is 16.8. The van der Waals surface area contributed by atoms with Crippen molar-refractivity contribution >= 4 is 54.7 Å². The number of nitrogens with two attached hydrogens (primary N) is 1. The summed E-state index contributed by atoms with van der Waals surface area (Å²) >= 11 is 9.73. The van der Waals surface area contributed by atoms with E-state index in [4.69, 9.17) is 60.0 Å². The highest BCUT2D eigenvalue weighted by Crippen LogP contribution is 2.51. The zero-order valence-electron chi connectivity index (χ0n) is 27.9. The van der Waals surface area contributed by atoms with Crippen molar-refractivity contribution < 1.29 is 56.3 Å². The maximum absolute atomic E-state index is 13.8. The van der Waals surface area contributed by atoms with E-state index in [9.17, 15) is 28.7 Å². The van der Waals surface area contributed by atoms with Gasteiger partial charge in [-0.1, -0.05) is 11.8 Å². The molecule has 0 bridgehead atoms. The molecule has 0 saturated carbocycles. The SMILES string of the molecule is COCCOC1[C@@H](OP(=O)([S-])OC[C@@H]2CC(OCCOC)[C@H](n3cnc4c(=O)[nH]c(N)nc43)O2)[C@@H](COP([O-])(O)=S)O[C@H]1n1cc(C)c(=O)[nH]c1=O. The summed E-state index contributed by atoms with van der Waals surface area (Å²) in [4.78, 5) is 71.7. The first-order chi connectivity index (χ1) is 24.6. The van der Waals surface area contributed by atoms with Crippen molar-refractivity contribution in [1.82, 2.24) is 29.1 Å². The number of anilines is 1. The fourth-order valence-corrected chi connectivity index (χ4v) is 7.53. The molecule has 5 heterocycles. The lowest BCUT2D eigenvalue weighted by atomic mass is 10.1. The Morgan fingerprint density at radius 3 is 2.44 bits per heavy atom. The second kappa shape index (κ2) is 17.4. The van der Waals surface area contributed by atoms with Gasteiger partial charge in [0.25, 0.3) is 11.1 Å². The van der Waals surface area contributed by atoms with Gasteiger partial charge in [-0.05, 0) is 6.92 Å². The van der Waals surface area contributed by atoms with Gasteiger partial charge in [-0.15, -0.1) is 0 Å². The van der Waals surface area contributed by atoms with Crippen LogP contribution < -0.4 is 27.4 Å². The fraction of sp³-hybridized carbons (Fsp3) is 0.654. The summed E-state index contributed by atoms with van der Waals surface area (Å²) < 4.78 is 66.9. The molecule has 0 radical (unpaired) electrons. The van der Waals surface area contributed by atoms with Crippen LogP contribution in [0.2, 0.25) is 0 Å². The number of H-pyrrole nitrogens is 2. The van der Waals surface area contributed by atoms with Crippen LogP contribution in [0.4, 0.5) is 5.95 Å². The zero-order chi connectivity index (χ0) is 37.8. The van der Waals surface area contributed by atoms with Gasteiger partial charge in [-0.2, -0.15) is 4.98 Å². The molecule has 290 valence electrons. The van der Waals surface area contributed by atoms with Crippen molar-refractivity contribution in [1.29, 1.82) is 0 Å². The molecule has 3 aromatic heterocycles. The van der Waals surface area contributed by atoms with Crippen LogP contribution in [0.3, 0.4) is 0 Å². The largest absolute Gasteiger partial charge is 0.780 e. The van der Waals surface area contributed by atoms with E-state index in [2.05, 4.69) is 31.7 Å². The summed E-state index contributed by atoms with van der Waals surface area (Å²) in [6.45, 7) is -8.14. The first-order valence-electron chi connectivity index (χ1n) is 15.5. The predicted molar refractivity (Wildman–Crippen MR) is 183 cm³/mol. The van der Waals surface area contributed by atoms with Crippen molar-refractivity contribution in [2.24, 2.45) is 0 Å². The molecule has 52 heavy (non-hydrogen) atoms. The summed E-state index contributed by atoms with van der Waals surface area (Å²) in [6, 6.07) is 0. The van der Waals surface area contributed by atoms with Gasteiger partial charge < -0.3 is 69.8 Å². The summed E-state index contributed by atoms with van der Waals surface area (Å²) in [5.74, 6) is -0.139. The Morgan fingerprint density at radius 1 is 1.04 bits per heavy atom. The molecule has 2 aliphatic rings. The second-order valence-electron chi connectivity index (χ2n) is 11.5. The molecule has 2 fully saturated rings. The third-order valence-corrected chi connectivity index (χ3v) is 10.2. The van der Waals surface area contributed by atoms with Crippen molar-refractivity contribution in [3.63, 3.8) is 0 Å². The molecule has 0 aliphatic carbocycles. The molecule has 4 unspecified atom stereocenters. The molecule has 5 N–H and O–H groups in total. The number of nitrogens with zero attached hydrogens (tertiary/aromatic N) is 4. The number of hydrogen-bond donors (Lipinski definition) is 4. The minimum Gasteiger partial charge on any atom is -0.780 e. The predicted octanol–water partition coefficient (Wildman–Crippen LogP) is -1.54. The van der Waals surface area contributed by atoms with Crippen molar-refractivity contribution in [2.45, 2.75) is 56.3 Å². The monoisotopic (exact) mass is 813 g/mol. The van der Waals surface area contributed by atoms with Crippen LogP contribution in [-0.4, -0.2) is 118 Å². The van der Waals surface area contributed by atoms with Crippen molar-refractivity contribution in [3.05, 3.63) is 49.3 Å². The molecule has 5 rings (SSSR count). The highest BCUT2D eigenvalue weighted by molar-refractivity contribution is 8.32. The number of nitrogens with one attached hydrogen (secondary N) is 2. The lowest BCUT2D eigenvalue weighted by Gasteiger charge is -2.33. The summed E-state index contributed by atoms with van der Waals surface area (Å²) in [5, 5.41) is 0. The normalized spacial score (nSPS) is 27.2. The van der Waals surface area contributed by atoms with E-state index in [0.717, 1.165) is 4.57 Å². The average Bonchev–Trinajstić information content (AvgIpc) is 3.76. The molecular formula is C26H37N7O15P2S2-2. The third-order valence-electron chi connectivity index (χ3n) is 7.86. The fourth-order valence-electron chi connectivity index (χ4n) is 5.57. The first-order valence-corrected chi connectivity index (χ1v) is 20.6. The maximum atomic E-state index is 13.8. The standard InChI is InChI=1S/C26H39N7O15P2S2/c1-13-9-32(26(36)31-21(13)34)24-19(43-7-5-41-3)18(16(47-24)11-44-49(37,38)51)48-50(39,52)45-10-14-8-15(42-6-4-40-2)23(46-14)33-12-28-17-20(33)29-25(27)30-22(17)35/h9,12,14-16,18-19,23-24H,4-8,10-11H2,1-3H3,(H,39,52)(H,31,34,36)(H2,37,38,51)(H3,27,29,30,35)/p-2/t14-,15?,16+,18-,19?,23+,24+,50?/m0/s1. The molecular weight excluding hydrogens is 776 g/mol. The first kappa shape index (κ1) is 40.8. The van der Waals surface area contributed by atoms with Crippen LogP contribution in [0.1, 0.15) is 24.4 Å². The molecule has 2 aliphatic heterocycles. The van der Waals surface area contributed by atoms with Crippen molar-refractivity contribution in [3.8, 4) is 0 Å². The molecule has 22 nitrogen and oxygen atoms in total. The Hall–Kier alpha value is -2.38. The average molecular weight is 814 g/mol. The quantitative estimate of drug-likeness (QED) is 0.0643. The van der Waals surface area contributed by atoms with Crippen LogP contribution in [0.25, 0.3) is 11.2 Å². The van der Waals surface area contributed by atoms with Gasteiger partial charge in [0, 0.05) is 32.4 Å². The number of hydrogen-bond acceptors (Lipinski definition) is 19. The van der Waals surface area contributed by atoms with E-state index in [-0.39, 0.29) is 62.1 Å². The minimum atomic E-state index is -4.50. The zero-order valence-corrected chi connectivity index (χ0v) is 31.3. The van der Waals surface area contributed by atoms with Crippen LogP contribution in [0.5, 0.6) is 0 Å². The highest BCUT2D eigenvalue weighted by Gasteiger charge is 2.49.